The van der Waals surface area contributed by atoms with Crippen molar-refractivity contribution in [3.8, 4) is 22.3 Å². The molecule has 10 nitrogen and oxygen atoms in total. The van der Waals surface area contributed by atoms with Gasteiger partial charge >= 0.3 is 12.1 Å². The minimum Gasteiger partial charge on any atom is -0.467 e. The Morgan fingerprint density at radius 3 is 1.94 bits per heavy atom. The van der Waals surface area contributed by atoms with Crippen LogP contribution in [0.15, 0.2) is 97.1 Å². The lowest BCUT2D eigenvalue weighted by atomic mass is 9.98. The molecule has 1 fully saturated rings. The molecule has 4 aromatic carbocycles. The minimum atomic E-state index is -1.16. The lowest BCUT2D eigenvalue weighted by Crippen LogP contribution is -2.54. The van der Waals surface area contributed by atoms with Gasteiger partial charge < -0.3 is 30.7 Å². The molecule has 6 rings (SSSR count). The van der Waals surface area contributed by atoms with Crippen molar-refractivity contribution in [2.45, 2.75) is 43.8 Å². The summed E-state index contributed by atoms with van der Waals surface area (Å²) in [6.07, 6.45) is 1.53. The molecule has 0 bridgehead atoms. The molecule has 246 valence electrons. The summed E-state index contributed by atoms with van der Waals surface area (Å²) in [7, 11) is 1.22. The second-order valence-corrected chi connectivity index (χ2v) is 12.1. The molecule has 4 aromatic rings. The summed E-state index contributed by atoms with van der Waals surface area (Å²) in [4.78, 5) is 50.9. The van der Waals surface area contributed by atoms with Crippen molar-refractivity contribution in [1.82, 2.24) is 16.0 Å². The number of rotatable bonds is 12. The maximum Gasteiger partial charge on any atom is 0.407 e. The van der Waals surface area contributed by atoms with E-state index in [2.05, 4.69) is 33.4 Å². The van der Waals surface area contributed by atoms with Crippen molar-refractivity contribution >= 4 is 29.6 Å². The van der Waals surface area contributed by atoms with Crippen molar-refractivity contribution < 1.29 is 28.7 Å². The largest absolute Gasteiger partial charge is 0.467 e. The molecule has 1 saturated carbocycles. The first kappa shape index (κ1) is 32.5. The zero-order chi connectivity index (χ0) is 33.6. The van der Waals surface area contributed by atoms with Crippen LogP contribution in [-0.2, 0) is 19.1 Å². The van der Waals surface area contributed by atoms with Crippen LogP contribution in [0.4, 0.5) is 10.5 Å². The number of benzene rings is 4. The molecule has 3 amide bonds. The maximum absolute atomic E-state index is 13.2. The molecule has 10 heteroatoms. The topological polar surface area (TPSA) is 135 Å². The van der Waals surface area contributed by atoms with Crippen LogP contribution in [0.2, 0.25) is 0 Å². The standard InChI is InChI=1S/C38H38N4O6/c1-23(40-38(46)48-22-33-31-9-5-3-7-29(31)30-8-4-6-10-32(30)33)35(37(45)47-2)42-36(44)26-13-11-24(12-14-26)25-15-17-28(18-16-25)41-34(43)21-39-27-19-20-27/h3-18,23,27,33,35,39H,19-22H2,1-2H3,(H,40,46)(H,41,43)(H,42,44)/t23-,35+/m1/s1. The van der Waals surface area contributed by atoms with Crippen LogP contribution in [0.1, 0.15) is 47.2 Å². The van der Waals surface area contributed by atoms with Crippen molar-refractivity contribution in [3.63, 3.8) is 0 Å². The van der Waals surface area contributed by atoms with Crippen molar-refractivity contribution in [1.29, 1.82) is 0 Å². The third kappa shape index (κ3) is 7.56. The Kier molecular flexibility index (Phi) is 9.82. The molecule has 4 N–H and O–H groups in total. The first-order valence-corrected chi connectivity index (χ1v) is 16.0. The molecule has 0 unspecified atom stereocenters. The normalized spacial score (nSPS) is 14.5. The fourth-order valence-corrected chi connectivity index (χ4v) is 5.94. The number of anilines is 1. The Balaban J connectivity index is 1.03. The highest BCUT2D eigenvalue weighted by Gasteiger charge is 2.32. The Morgan fingerprint density at radius 2 is 1.35 bits per heavy atom. The van der Waals surface area contributed by atoms with E-state index in [-0.39, 0.29) is 25.0 Å². The predicted octanol–water partition coefficient (Wildman–Crippen LogP) is 5.24. The van der Waals surface area contributed by atoms with Crippen LogP contribution in [0.3, 0.4) is 0 Å². The average molecular weight is 647 g/mol. The van der Waals surface area contributed by atoms with Crippen molar-refractivity contribution in [3.05, 3.63) is 114 Å². The zero-order valence-electron chi connectivity index (χ0n) is 26.8. The number of amides is 3. The van der Waals surface area contributed by atoms with E-state index in [0.717, 1.165) is 46.2 Å². The molecule has 0 aliphatic heterocycles. The summed E-state index contributed by atoms with van der Waals surface area (Å²) >= 11 is 0. The lowest BCUT2D eigenvalue weighted by molar-refractivity contribution is -0.143. The number of alkyl carbamates (subject to hydrolysis) is 1. The zero-order valence-corrected chi connectivity index (χ0v) is 26.8. The smallest absolute Gasteiger partial charge is 0.407 e. The highest BCUT2D eigenvalue weighted by atomic mass is 16.5. The van der Waals surface area contributed by atoms with Crippen LogP contribution in [-0.4, -0.2) is 62.3 Å². The fourth-order valence-electron chi connectivity index (χ4n) is 5.94. The number of nitrogens with one attached hydrogen (secondary N) is 4. The number of esters is 1. The van der Waals surface area contributed by atoms with E-state index in [0.29, 0.717) is 17.3 Å². The molecular formula is C38H38N4O6. The van der Waals surface area contributed by atoms with Crippen molar-refractivity contribution in [2.75, 3.05) is 25.6 Å². The Labute approximate surface area is 279 Å². The molecule has 0 spiro atoms. The van der Waals surface area contributed by atoms with Gasteiger partial charge in [0.2, 0.25) is 5.91 Å². The summed E-state index contributed by atoms with van der Waals surface area (Å²) in [6.45, 7) is 2.00. The van der Waals surface area contributed by atoms with E-state index in [1.54, 1.807) is 31.2 Å². The molecule has 2 aliphatic carbocycles. The Hall–Kier alpha value is -5.48. The summed E-state index contributed by atoms with van der Waals surface area (Å²) < 4.78 is 10.6. The van der Waals surface area contributed by atoms with Gasteiger partial charge in [-0.25, -0.2) is 9.59 Å². The van der Waals surface area contributed by atoms with Gasteiger partial charge in [-0.05, 0) is 77.4 Å². The number of ether oxygens (including phenoxy) is 2. The van der Waals surface area contributed by atoms with Gasteiger partial charge in [-0.15, -0.1) is 0 Å². The molecule has 0 aromatic heterocycles. The van der Waals surface area contributed by atoms with Crippen LogP contribution in [0.25, 0.3) is 22.3 Å². The second-order valence-electron chi connectivity index (χ2n) is 12.1. The summed E-state index contributed by atoms with van der Waals surface area (Å²) in [5.41, 5.74) is 7.21. The molecule has 0 heterocycles. The van der Waals surface area contributed by atoms with Gasteiger partial charge in [0, 0.05) is 23.2 Å². The van der Waals surface area contributed by atoms with Crippen molar-refractivity contribution in [2.24, 2.45) is 0 Å². The van der Waals surface area contributed by atoms with Crippen LogP contribution in [0.5, 0.6) is 0 Å². The minimum absolute atomic E-state index is 0.0851. The number of fused-ring (bicyclic) bond motifs is 3. The van der Waals surface area contributed by atoms with E-state index >= 15 is 0 Å². The third-order valence-electron chi connectivity index (χ3n) is 8.71. The molecule has 2 aliphatic rings. The number of hydrogen-bond donors (Lipinski definition) is 4. The maximum atomic E-state index is 13.2. The summed E-state index contributed by atoms with van der Waals surface area (Å²) in [5.74, 6) is -1.41. The third-order valence-corrected chi connectivity index (χ3v) is 8.71. The van der Waals surface area contributed by atoms with E-state index in [4.69, 9.17) is 9.47 Å². The molecule has 0 radical (unpaired) electrons. The Morgan fingerprint density at radius 1 is 0.771 bits per heavy atom. The van der Waals surface area contributed by atoms with Gasteiger partial charge in [-0.2, -0.15) is 0 Å². The molecular weight excluding hydrogens is 608 g/mol. The van der Waals surface area contributed by atoms with E-state index in [9.17, 15) is 19.2 Å². The quantitative estimate of drug-likeness (QED) is 0.155. The number of carbonyl (C=O) groups excluding carboxylic acids is 4. The van der Waals surface area contributed by atoms with Gasteiger partial charge in [0.15, 0.2) is 0 Å². The molecule has 2 atom stereocenters. The van der Waals surface area contributed by atoms with Gasteiger partial charge in [0.25, 0.3) is 5.91 Å². The predicted molar refractivity (Wildman–Crippen MR) is 182 cm³/mol. The number of hydrogen-bond acceptors (Lipinski definition) is 7. The second kappa shape index (κ2) is 14.5. The van der Waals surface area contributed by atoms with Crippen LogP contribution < -0.4 is 21.3 Å². The SMILES string of the molecule is COC(=O)[C@@H](NC(=O)c1ccc(-c2ccc(NC(=O)CNC3CC3)cc2)cc1)[C@@H](C)NC(=O)OCC1c2ccccc2-c2ccccc21. The average Bonchev–Trinajstić information content (AvgIpc) is 3.89. The summed E-state index contributed by atoms with van der Waals surface area (Å²) in [5, 5.41) is 11.4. The molecule has 48 heavy (non-hydrogen) atoms. The highest BCUT2D eigenvalue weighted by Crippen LogP contribution is 2.44. The van der Waals surface area contributed by atoms with Crippen LogP contribution in [0, 0.1) is 0 Å². The highest BCUT2D eigenvalue weighted by molar-refractivity contribution is 5.97. The van der Waals surface area contributed by atoms with E-state index in [1.165, 1.54) is 7.11 Å². The lowest BCUT2D eigenvalue weighted by Gasteiger charge is -2.24. The van der Waals surface area contributed by atoms with Gasteiger partial charge in [-0.1, -0.05) is 72.8 Å². The van der Waals surface area contributed by atoms with Gasteiger partial charge in [-0.3, -0.25) is 9.59 Å². The van der Waals surface area contributed by atoms with E-state index < -0.39 is 30.1 Å². The molecule has 0 saturated heterocycles. The fraction of sp³-hybridized carbons (Fsp3) is 0.263. The van der Waals surface area contributed by atoms with Gasteiger partial charge in [0.05, 0.1) is 19.7 Å². The number of methoxy groups -OCH3 is 1. The monoisotopic (exact) mass is 646 g/mol. The number of carbonyl (C=O) groups is 4. The van der Waals surface area contributed by atoms with Gasteiger partial charge in [0.1, 0.15) is 12.6 Å². The van der Waals surface area contributed by atoms with E-state index in [1.807, 2.05) is 60.7 Å². The first-order valence-electron chi connectivity index (χ1n) is 16.0. The first-order chi connectivity index (χ1) is 23.3. The van der Waals surface area contributed by atoms with Crippen LogP contribution >= 0.6 is 0 Å². The summed E-state index contributed by atoms with van der Waals surface area (Å²) in [6, 6.07) is 28.9. The Bertz CT molecular complexity index is 1760.